The van der Waals surface area contributed by atoms with Crippen molar-refractivity contribution < 1.29 is 24.2 Å². The average molecular weight is 477 g/mol. The number of nitrogens with one attached hydrogen (secondary N) is 2. The van der Waals surface area contributed by atoms with Crippen LogP contribution in [0, 0.1) is 5.41 Å². The molecule has 2 amide bonds. The number of carboxylic acids is 1. The molecule has 0 radical (unpaired) electrons. The van der Waals surface area contributed by atoms with Crippen molar-refractivity contribution >= 4 is 23.8 Å². The first-order valence-corrected chi connectivity index (χ1v) is 11.3. The number of amides is 2. The van der Waals surface area contributed by atoms with E-state index in [-0.39, 0.29) is 42.8 Å². The summed E-state index contributed by atoms with van der Waals surface area (Å²) in [6, 6.07) is 16.2. The van der Waals surface area contributed by atoms with Crippen molar-refractivity contribution in [1.82, 2.24) is 15.1 Å². The molecule has 0 aliphatic heterocycles. The number of hydrogen-bond acceptors (Lipinski definition) is 5. The van der Waals surface area contributed by atoms with Crippen LogP contribution in [0.15, 0.2) is 54.7 Å². The van der Waals surface area contributed by atoms with Gasteiger partial charge >= 0.3 is 12.1 Å². The molecular weight excluding hydrogens is 448 g/mol. The fourth-order valence-electron chi connectivity index (χ4n) is 4.38. The number of aromatic carboxylic acids is 1. The van der Waals surface area contributed by atoms with Gasteiger partial charge in [-0.15, -0.1) is 0 Å². The summed E-state index contributed by atoms with van der Waals surface area (Å²) in [5.41, 5.74) is 3.89. The van der Waals surface area contributed by atoms with E-state index in [0.717, 1.165) is 22.3 Å². The quantitative estimate of drug-likeness (QED) is 0.451. The van der Waals surface area contributed by atoms with E-state index >= 15 is 0 Å². The summed E-state index contributed by atoms with van der Waals surface area (Å²) >= 11 is 0. The van der Waals surface area contributed by atoms with Crippen LogP contribution in [-0.2, 0) is 16.6 Å². The maximum absolute atomic E-state index is 12.5. The van der Waals surface area contributed by atoms with Crippen molar-refractivity contribution in [2.24, 2.45) is 12.5 Å². The zero-order valence-electron chi connectivity index (χ0n) is 19.9. The Kier molecular flexibility index (Phi) is 6.59. The molecule has 35 heavy (non-hydrogen) atoms. The first-order valence-electron chi connectivity index (χ1n) is 11.3. The van der Waals surface area contributed by atoms with Crippen molar-refractivity contribution in [1.29, 1.82) is 0 Å². The predicted octanol–water partition coefficient (Wildman–Crippen LogP) is 4.01. The molecule has 0 fully saturated rings. The number of aryl methyl sites for hydroxylation is 1. The van der Waals surface area contributed by atoms with Gasteiger partial charge in [-0.05, 0) is 27.7 Å². The van der Waals surface area contributed by atoms with Gasteiger partial charge in [-0.2, -0.15) is 5.10 Å². The lowest BCUT2D eigenvalue weighted by Crippen LogP contribution is -2.37. The lowest BCUT2D eigenvalue weighted by atomic mass is 9.89. The number of ether oxygens (including phenoxy) is 1. The van der Waals surface area contributed by atoms with Gasteiger partial charge in [-0.25, -0.2) is 9.59 Å². The minimum atomic E-state index is -1.18. The SMILES string of the molecule is Cn1ncc(C(=O)O)c1NC(=O)CC(C)(C)CNC(=O)OCC1c2ccccc2-c2ccccc21. The lowest BCUT2D eigenvalue weighted by Gasteiger charge is -2.24. The zero-order chi connectivity index (χ0) is 25.2. The van der Waals surface area contributed by atoms with Crippen molar-refractivity contribution in [2.45, 2.75) is 26.2 Å². The van der Waals surface area contributed by atoms with Crippen LogP contribution in [0.2, 0.25) is 0 Å². The van der Waals surface area contributed by atoms with E-state index in [0.29, 0.717) is 0 Å². The molecule has 1 aliphatic rings. The van der Waals surface area contributed by atoms with Crippen molar-refractivity contribution in [3.05, 3.63) is 71.4 Å². The van der Waals surface area contributed by atoms with E-state index in [1.807, 2.05) is 38.1 Å². The van der Waals surface area contributed by atoms with E-state index in [1.165, 1.54) is 10.9 Å². The first-order chi connectivity index (χ1) is 16.7. The van der Waals surface area contributed by atoms with Gasteiger partial charge < -0.3 is 20.5 Å². The highest BCUT2D eigenvalue weighted by Crippen LogP contribution is 2.44. The molecule has 0 unspecified atom stereocenters. The molecule has 3 N–H and O–H groups in total. The summed E-state index contributed by atoms with van der Waals surface area (Å²) in [6.07, 6.45) is 0.683. The minimum Gasteiger partial charge on any atom is -0.477 e. The second-order valence-electron chi connectivity index (χ2n) is 9.40. The molecule has 9 heteroatoms. The highest BCUT2D eigenvalue weighted by Gasteiger charge is 2.30. The number of carbonyl (C=O) groups excluding carboxylic acids is 2. The summed E-state index contributed by atoms with van der Waals surface area (Å²) in [4.78, 5) is 36.3. The molecule has 4 rings (SSSR count). The predicted molar refractivity (Wildman–Crippen MR) is 130 cm³/mol. The van der Waals surface area contributed by atoms with Gasteiger partial charge in [0.05, 0.1) is 6.20 Å². The number of fused-ring (bicyclic) bond motifs is 3. The largest absolute Gasteiger partial charge is 0.477 e. The van der Waals surface area contributed by atoms with E-state index < -0.39 is 17.5 Å². The minimum absolute atomic E-state index is 0.0331. The number of anilines is 1. The fraction of sp³-hybridized carbons (Fsp3) is 0.308. The van der Waals surface area contributed by atoms with Gasteiger partial charge in [0.1, 0.15) is 18.0 Å². The van der Waals surface area contributed by atoms with E-state index in [2.05, 4.69) is 40.0 Å². The van der Waals surface area contributed by atoms with Gasteiger partial charge in [0, 0.05) is 25.9 Å². The van der Waals surface area contributed by atoms with E-state index in [4.69, 9.17) is 4.74 Å². The van der Waals surface area contributed by atoms with Crippen LogP contribution in [-0.4, -0.2) is 46.0 Å². The number of aromatic nitrogens is 2. The maximum atomic E-state index is 12.5. The maximum Gasteiger partial charge on any atom is 0.407 e. The van der Waals surface area contributed by atoms with Gasteiger partial charge in [-0.3, -0.25) is 9.48 Å². The van der Waals surface area contributed by atoms with E-state index in [1.54, 1.807) is 7.05 Å². The Labute approximate surface area is 203 Å². The van der Waals surface area contributed by atoms with Crippen LogP contribution in [0.4, 0.5) is 10.6 Å². The average Bonchev–Trinajstić information content (AvgIpc) is 3.34. The molecule has 1 heterocycles. The number of carbonyl (C=O) groups is 3. The van der Waals surface area contributed by atoms with Crippen LogP contribution in [0.1, 0.15) is 47.7 Å². The van der Waals surface area contributed by atoms with Crippen LogP contribution in [0.5, 0.6) is 0 Å². The van der Waals surface area contributed by atoms with Crippen molar-refractivity contribution in [2.75, 3.05) is 18.5 Å². The summed E-state index contributed by atoms with van der Waals surface area (Å²) in [7, 11) is 1.55. The van der Waals surface area contributed by atoms with Crippen LogP contribution in [0.3, 0.4) is 0 Å². The molecule has 0 saturated carbocycles. The fourth-order valence-corrected chi connectivity index (χ4v) is 4.38. The molecule has 9 nitrogen and oxygen atoms in total. The standard InChI is InChI=1S/C26H28N4O5/c1-26(2,12-22(31)29-23-20(24(32)33)13-28-30(23)3)15-27-25(34)35-14-21-18-10-6-4-8-16(18)17-9-5-7-11-19(17)21/h4-11,13,21H,12,14-15H2,1-3H3,(H,27,34)(H,29,31)(H,32,33). The zero-order valence-corrected chi connectivity index (χ0v) is 19.9. The highest BCUT2D eigenvalue weighted by atomic mass is 16.5. The Balaban J connectivity index is 1.31. The van der Waals surface area contributed by atoms with Crippen LogP contribution in [0.25, 0.3) is 11.1 Å². The lowest BCUT2D eigenvalue weighted by molar-refractivity contribution is -0.118. The third kappa shape index (κ3) is 5.18. The number of alkyl carbamates (subject to hydrolysis) is 1. The molecular formula is C26H28N4O5. The van der Waals surface area contributed by atoms with Crippen molar-refractivity contribution in [3.8, 4) is 11.1 Å². The Morgan fingerprint density at radius 2 is 1.66 bits per heavy atom. The molecule has 182 valence electrons. The third-order valence-corrected chi connectivity index (χ3v) is 6.12. The molecule has 0 atom stereocenters. The summed E-state index contributed by atoms with van der Waals surface area (Å²) in [5, 5.41) is 18.5. The van der Waals surface area contributed by atoms with Gasteiger partial charge in [0.2, 0.25) is 5.91 Å². The Morgan fingerprint density at radius 3 is 2.26 bits per heavy atom. The summed E-state index contributed by atoms with van der Waals surface area (Å²) < 4.78 is 6.85. The summed E-state index contributed by atoms with van der Waals surface area (Å²) in [5.74, 6) is -1.47. The highest BCUT2D eigenvalue weighted by molar-refractivity contribution is 5.99. The Hall–Kier alpha value is -4.14. The van der Waals surface area contributed by atoms with Crippen LogP contribution < -0.4 is 10.6 Å². The van der Waals surface area contributed by atoms with Crippen molar-refractivity contribution in [3.63, 3.8) is 0 Å². The molecule has 1 aliphatic carbocycles. The number of rotatable bonds is 8. The van der Waals surface area contributed by atoms with E-state index in [9.17, 15) is 19.5 Å². The first kappa shape index (κ1) is 24.0. The summed E-state index contributed by atoms with van der Waals surface area (Å²) in [6.45, 7) is 4.07. The second-order valence-corrected chi connectivity index (χ2v) is 9.40. The molecule has 1 aromatic heterocycles. The van der Waals surface area contributed by atoms with Gasteiger partial charge in [-0.1, -0.05) is 62.4 Å². The third-order valence-electron chi connectivity index (χ3n) is 6.12. The number of carboxylic acid groups (broad SMARTS) is 1. The number of benzene rings is 2. The molecule has 0 saturated heterocycles. The number of hydrogen-bond donors (Lipinski definition) is 3. The molecule has 2 aromatic carbocycles. The number of nitrogens with zero attached hydrogens (tertiary/aromatic N) is 2. The Morgan fingerprint density at radius 1 is 1.06 bits per heavy atom. The Bertz CT molecular complexity index is 1230. The second kappa shape index (κ2) is 9.61. The molecule has 3 aromatic rings. The van der Waals surface area contributed by atoms with Gasteiger partial charge in [0.25, 0.3) is 0 Å². The molecule has 0 spiro atoms. The normalized spacial score (nSPS) is 12.5. The van der Waals surface area contributed by atoms with Gasteiger partial charge in [0.15, 0.2) is 0 Å². The topological polar surface area (TPSA) is 123 Å². The van der Waals surface area contributed by atoms with Crippen LogP contribution >= 0.6 is 0 Å². The monoisotopic (exact) mass is 476 g/mol. The molecule has 0 bridgehead atoms. The smallest absolute Gasteiger partial charge is 0.407 e.